The van der Waals surface area contributed by atoms with Crippen LogP contribution in [0.5, 0.6) is 0 Å². The normalized spacial score (nSPS) is 15.0. The van der Waals surface area contributed by atoms with E-state index in [0.717, 1.165) is 9.97 Å². The number of fused-ring (bicyclic) bond motifs is 1. The molecule has 1 amide bonds. The van der Waals surface area contributed by atoms with Gasteiger partial charge in [0, 0.05) is 23.6 Å². The summed E-state index contributed by atoms with van der Waals surface area (Å²) < 4.78 is 1.84. The number of rotatable bonds is 4. The number of imidazole rings is 1. The Labute approximate surface area is 138 Å². The summed E-state index contributed by atoms with van der Waals surface area (Å²) in [7, 11) is 0. The highest BCUT2D eigenvalue weighted by atomic mass is 35.5. The first-order valence-corrected chi connectivity index (χ1v) is 8.71. The highest BCUT2D eigenvalue weighted by molar-refractivity contribution is 7.15. The summed E-state index contributed by atoms with van der Waals surface area (Å²) in [6.45, 7) is 0. The molecule has 3 aromatic heterocycles. The lowest BCUT2D eigenvalue weighted by Crippen LogP contribution is -2.07. The van der Waals surface area contributed by atoms with E-state index in [-0.39, 0.29) is 5.91 Å². The fourth-order valence-corrected chi connectivity index (χ4v) is 3.93. The number of hydrogen-bond acceptors (Lipinski definition) is 6. The molecule has 0 spiro atoms. The van der Waals surface area contributed by atoms with E-state index in [1.165, 1.54) is 41.6 Å². The Hall–Kier alpha value is -1.77. The molecule has 0 atom stereocenters. The molecule has 3 heterocycles. The first kappa shape index (κ1) is 13.9. The molecule has 9 heteroatoms. The summed E-state index contributed by atoms with van der Waals surface area (Å²) in [6.07, 6.45) is 7.26. The lowest BCUT2D eigenvalue weighted by atomic mass is 10.4. The number of halogens is 1. The van der Waals surface area contributed by atoms with Gasteiger partial charge in [-0.3, -0.25) is 14.5 Å². The lowest BCUT2D eigenvalue weighted by Gasteiger charge is -1.95. The van der Waals surface area contributed by atoms with E-state index in [0.29, 0.717) is 21.9 Å². The zero-order valence-corrected chi connectivity index (χ0v) is 13.6. The Morgan fingerprint density at radius 1 is 1.45 bits per heavy atom. The van der Waals surface area contributed by atoms with Crippen molar-refractivity contribution in [3.8, 4) is 0 Å². The molecule has 1 aliphatic rings. The Balaban J connectivity index is 1.48. The number of amides is 1. The Morgan fingerprint density at radius 2 is 2.32 bits per heavy atom. The van der Waals surface area contributed by atoms with Crippen LogP contribution in [-0.2, 0) is 4.79 Å². The van der Waals surface area contributed by atoms with E-state index >= 15 is 0 Å². The van der Waals surface area contributed by atoms with Gasteiger partial charge in [0.05, 0.1) is 5.69 Å². The average Bonchev–Trinajstić information content (AvgIpc) is 2.93. The molecule has 22 heavy (non-hydrogen) atoms. The van der Waals surface area contributed by atoms with Gasteiger partial charge in [0.25, 0.3) is 0 Å². The van der Waals surface area contributed by atoms with Gasteiger partial charge in [-0.05, 0) is 18.9 Å². The molecule has 0 radical (unpaired) electrons. The minimum absolute atomic E-state index is 0.264. The quantitative estimate of drug-likeness (QED) is 0.731. The highest BCUT2D eigenvalue weighted by Crippen LogP contribution is 2.42. The standard InChI is InChI=1S/C13H10ClN5OS2/c14-10-8(19-5-6-21-13(19)16-10)3-4-9(20)15-12-18-17-11(22-12)7-1-2-7/h3-7H,1-2H2,(H,15,18,20)/b4-3+. The first-order valence-electron chi connectivity index (χ1n) is 6.64. The second-order valence-corrected chi connectivity index (χ2v) is 7.13. The molecule has 0 aliphatic heterocycles. The topological polar surface area (TPSA) is 72.2 Å². The van der Waals surface area contributed by atoms with E-state index in [2.05, 4.69) is 20.5 Å². The summed E-state index contributed by atoms with van der Waals surface area (Å²) in [4.78, 5) is 17.0. The lowest BCUT2D eigenvalue weighted by molar-refractivity contribution is -0.111. The van der Waals surface area contributed by atoms with Crippen molar-refractivity contribution >= 4 is 56.4 Å². The third-order valence-corrected chi connectivity index (χ3v) is 5.28. The molecule has 0 unspecified atom stereocenters. The van der Waals surface area contributed by atoms with Crippen molar-refractivity contribution in [2.24, 2.45) is 0 Å². The van der Waals surface area contributed by atoms with Crippen LogP contribution in [0, 0.1) is 0 Å². The number of aromatic nitrogens is 4. The molecule has 4 rings (SSSR count). The second kappa shape index (κ2) is 5.45. The Kier molecular flexibility index (Phi) is 3.44. The van der Waals surface area contributed by atoms with Gasteiger partial charge in [-0.15, -0.1) is 21.5 Å². The highest BCUT2D eigenvalue weighted by Gasteiger charge is 2.27. The maximum atomic E-state index is 12.0. The number of nitrogens with one attached hydrogen (secondary N) is 1. The molecule has 0 bridgehead atoms. The average molecular weight is 352 g/mol. The van der Waals surface area contributed by atoms with Crippen LogP contribution in [0.2, 0.25) is 5.15 Å². The SMILES string of the molecule is O=C(/C=C/c1c(Cl)nc2sccn12)Nc1nnc(C2CC2)s1. The summed E-state index contributed by atoms with van der Waals surface area (Å²) >= 11 is 8.99. The molecule has 6 nitrogen and oxygen atoms in total. The second-order valence-electron chi connectivity index (χ2n) is 4.89. The maximum absolute atomic E-state index is 12.0. The van der Waals surface area contributed by atoms with Crippen LogP contribution >= 0.6 is 34.3 Å². The van der Waals surface area contributed by atoms with Crippen LogP contribution in [0.25, 0.3) is 11.0 Å². The van der Waals surface area contributed by atoms with Gasteiger partial charge < -0.3 is 0 Å². The molecule has 112 valence electrons. The van der Waals surface area contributed by atoms with Gasteiger partial charge in [0.1, 0.15) is 5.01 Å². The number of thiazole rings is 1. The fourth-order valence-electron chi connectivity index (χ4n) is 2.01. The number of hydrogen-bond donors (Lipinski definition) is 1. The van der Waals surface area contributed by atoms with Crippen molar-refractivity contribution in [1.29, 1.82) is 0 Å². The minimum Gasteiger partial charge on any atom is -0.297 e. The van der Waals surface area contributed by atoms with Gasteiger partial charge in [0.15, 0.2) is 10.1 Å². The third kappa shape index (κ3) is 2.65. The predicted octanol–water partition coefficient (Wildman–Crippen LogP) is 3.43. The smallest absolute Gasteiger partial charge is 0.250 e. The number of carbonyl (C=O) groups excluding carboxylic acids is 1. The van der Waals surface area contributed by atoms with E-state index in [1.807, 2.05) is 16.0 Å². The van der Waals surface area contributed by atoms with Gasteiger partial charge in [0.2, 0.25) is 11.0 Å². The molecule has 1 N–H and O–H groups in total. The molecule has 0 saturated heterocycles. The van der Waals surface area contributed by atoms with Crippen molar-refractivity contribution in [2.45, 2.75) is 18.8 Å². The zero-order chi connectivity index (χ0) is 15.1. The summed E-state index contributed by atoms with van der Waals surface area (Å²) in [6, 6.07) is 0. The molecule has 1 fully saturated rings. The number of anilines is 1. The van der Waals surface area contributed by atoms with E-state index < -0.39 is 0 Å². The third-order valence-electron chi connectivity index (χ3n) is 3.24. The van der Waals surface area contributed by atoms with Crippen LogP contribution in [-0.4, -0.2) is 25.5 Å². The van der Waals surface area contributed by atoms with E-state index in [4.69, 9.17) is 11.6 Å². The van der Waals surface area contributed by atoms with Crippen LogP contribution < -0.4 is 5.32 Å². The predicted molar refractivity (Wildman–Crippen MR) is 87.6 cm³/mol. The minimum atomic E-state index is -0.264. The van der Waals surface area contributed by atoms with Gasteiger partial charge in [-0.2, -0.15) is 0 Å². The van der Waals surface area contributed by atoms with Gasteiger partial charge in [-0.25, -0.2) is 4.98 Å². The van der Waals surface area contributed by atoms with Gasteiger partial charge in [-0.1, -0.05) is 22.9 Å². The largest absolute Gasteiger partial charge is 0.297 e. The molecular weight excluding hydrogens is 342 g/mol. The van der Waals surface area contributed by atoms with Crippen molar-refractivity contribution < 1.29 is 4.79 Å². The molecular formula is C13H10ClN5OS2. The van der Waals surface area contributed by atoms with Crippen molar-refractivity contribution in [1.82, 2.24) is 19.6 Å². The Morgan fingerprint density at radius 3 is 3.14 bits per heavy atom. The fraction of sp³-hybridized carbons (Fsp3) is 0.231. The van der Waals surface area contributed by atoms with Crippen LogP contribution in [0.1, 0.15) is 29.5 Å². The number of nitrogens with zero attached hydrogens (tertiary/aromatic N) is 4. The van der Waals surface area contributed by atoms with E-state index in [9.17, 15) is 4.79 Å². The summed E-state index contributed by atoms with van der Waals surface area (Å²) in [5.41, 5.74) is 0.684. The molecule has 3 aromatic rings. The van der Waals surface area contributed by atoms with Crippen molar-refractivity contribution in [3.63, 3.8) is 0 Å². The maximum Gasteiger partial charge on any atom is 0.250 e. The van der Waals surface area contributed by atoms with Crippen LogP contribution in [0.3, 0.4) is 0 Å². The van der Waals surface area contributed by atoms with Crippen LogP contribution in [0.15, 0.2) is 17.7 Å². The summed E-state index contributed by atoms with van der Waals surface area (Å²) in [5.74, 6) is 0.274. The molecule has 0 aromatic carbocycles. The Bertz CT molecular complexity index is 876. The number of carbonyl (C=O) groups is 1. The summed E-state index contributed by atoms with van der Waals surface area (Å²) in [5, 5.41) is 14.6. The van der Waals surface area contributed by atoms with Crippen LogP contribution in [0.4, 0.5) is 5.13 Å². The zero-order valence-electron chi connectivity index (χ0n) is 11.2. The monoisotopic (exact) mass is 351 g/mol. The molecule has 1 aliphatic carbocycles. The van der Waals surface area contributed by atoms with E-state index in [1.54, 1.807) is 6.08 Å². The van der Waals surface area contributed by atoms with Gasteiger partial charge >= 0.3 is 0 Å². The van der Waals surface area contributed by atoms with Crippen molar-refractivity contribution in [2.75, 3.05) is 5.32 Å². The first-order chi connectivity index (χ1) is 10.7. The molecule has 1 saturated carbocycles. The van der Waals surface area contributed by atoms with Crippen molar-refractivity contribution in [3.05, 3.63) is 33.5 Å².